The number of hydrogen-bond donors (Lipinski definition) is 3. The smallest absolute Gasteiger partial charge is 0.277 e. The van der Waals surface area contributed by atoms with Crippen molar-refractivity contribution >= 4 is 49.3 Å². The summed E-state index contributed by atoms with van der Waals surface area (Å²) < 4.78 is 33.1. The van der Waals surface area contributed by atoms with Gasteiger partial charge in [-0.05, 0) is 30.1 Å². The van der Waals surface area contributed by atoms with Crippen LogP contribution in [0.25, 0.3) is 10.2 Å². The van der Waals surface area contributed by atoms with Crippen LogP contribution in [0.2, 0.25) is 0 Å². The molecule has 1 atom stereocenters. The molecule has 1 heterocycles. The van der Waals surface area contributed by atoms with Crippen LogP contribution in [0.4, 0.5) is 14.5 Å². The van der Waals surface area contributed by atoms with Gasteiger partial charge in [-0.1, -0.05) is 26.5 Å². The highest BCUT2D eigenvalue weighted by molar-refractivity contribution is 9.09. The molecular weight excluding hydrogens is 434 g/mol. The number of aliphatic hydroxyl groups is 1. The molecule has 11 heteroatoms. The van der Waals surface area contributed by atoms with Crippen molar-refractivity contribution in [3.63, 3.8) is 0 Å². The second-order valence-electron chi connectivity index (χ2n) is 5.25. The zero-order valence-electron chi connectivity index (χ0n) is 13.1. The Balaban J connectivity index is 1.99. The van der Waals surface area contributed by atoms with Crippen molar-refractivity contribution in [3.8, 4) is 0 Å². The van der Waals surface area contributed by atoms with Crippen molar-refractivity contribution in [2.45, 2.75) is 11.2 Å². The van der Waals surface area contributed by atoms with Crippen molar-refractivity contribution in [2.24, 2.45) is 0 Å². The average Bonchev–Trinajstić information content (AvgIpc) is 3.08. The predicted molar refractivity (Wildman–Crippen MR) is 96.1 cm³/mol. The first-order valence-corrected chi connectivity index (χ1v) is 9.16. The Morgan fingerprint density at radius 1 is 1.50 bits per heavy atom. The SMILES string of the molecule is O=C(NOCCO)c1cc2snnc2c(F)c1NC1=CCC(Br)C=C1F. The monoisotopic (exact) mass is 446 g/mol. The summed E-state index contributed by atoms with van der Waals surface area (Å²) in [4.78, 5) is 17.0. The van der Waals surface area contributed by atoms with Gasteiger partial charge >= 0.3 is 0 Å². The highest BCUT2D eigenvalue weighted by Crippen LogP contribution is 2.33. The second-order valence-corrected chi connectivity index (χ2v) is 7.21. The molecule has 1 aliphatic carbocycles. The van der Waals surface area contributed by atoms with Gasteiger partial charge in [0.05, 0.1) is 34.9 Å². The summed E-state index contributed by atoms with van der Waals surface area (Å²) >= 11 is 4.20. The van der Waals surface area contributed by atoms with Crippen LogP contribution in [0.5, 0.6) is 0 Å². The van der Waals surface area contributed by atoms with E-state index in [4.69, 9.17) is 9.94 Å². The number of allylic oxidation sites excluding steroid dienone is 3. The van der Waals surface area contributed by atoms with Crippen molar-refractivity contribution in [3.05, 3.63) is 41.1 Å². The number of hydroxylamine groups is 1. The maximum atomic E-state index is 14.9. The van der Waals surface area contributed by atoms with Gasteiger partial charge in [0.2, 0.25) is 0 Å². The van der Waals surface area contributed by atoms with E-state index < -0.39 is 17.6 Å². The molecule has 7 nitrogen and oxygen atoms in total. The molecule has 0 saturated heterocycles. The van der Waals surface area contributed by atoms with Crippen LogP contribution in [0, 0.1) is 5.82 Å². The summed E-state index contributed by atoms with van der Waals surface area (Å²) in [5, 5.41) is 15.0. The maximum absolute atomic E-state index is 14.9. The molecule has 0 saturated carbocycles. The molecular formula is C15H13BrF2N4O3S. The molecule has 1 unspecified atom stereocenters. The number of fused-ring (bicyclic) bond motifs is 1. The lowest BCUT2D eigenvalue weighted by molar-refractivity contribution is 0.0169. The van der Waals surface area contributed by atoms with Crippen LogP contribution >= 0.6 is 27.5 Å². The van der Waals surface area contributed by atoms with Gasteiger partial charge in [0.25, 0.3) is 5.91 Å². The lowest BCUT2D eigenvalue weighted by Gasteiger charge is -2.18. The number of nitrogens with one attached hydrogen (secondary N) is 2. The first-order chi connectivity index (χ1) is 12.5. The minimum atomic E-state index is -0.821. The summed E-state index contributed by atoms with van der Waals surface area (Å²) in [6, 6.07) is 1.39. The fraction of sp³-hybridized carbons (Fsp3) is 0.267. The molecule has 2 aromatic rings. The molecule has 138 valence electrons. The van der Waals surface area contributed by atoms with E-state index in [-0.39, 0.29) is 40.5 Å². The molecule has 0 aliphatic heterocycles. The van der Waals surface area contributed by atoms with Crippen molar-refractivity contribution in [2.75, 3.05) is 18.5 Å². The molecule has 1 amide bonds. The van der Waals surface area contributed by atoms with Crippen molar-refractivity contribution in [1.29, 1.82) is 0 Å². The third kappa shape index (κ3) is 3.90. The number of nitrogens with zero attached hydrogens (tertiary/aromatic N) is 2. The molecule has 0 radical (unpaired) electrons. The zero-order chi connectivity index (χ0) is 18.7. The van der Waals surface area contributed by atoms with E-state index in [0.717, 1.165) is 11.5 Å². The van der Waals surface area contributed by atoms with Crippen LogP contribution in [0.1, 0.15) is 16.8 Å². The van der Waals surface area contributed by atoms with Crippen LogP contribution < -0.4 is 10.8 Å². The number of benzene rings is 1. The number of aliphatic hydroxyl groups excluding tert-OH is 1. The first-order valence-electron chi connectivity index (χ1n) is 7.47. The summed E-state index contributed by atoms with van der Waals surface area (Å²) in [5.74, 6) is -2.15. The van der Waals surface area contributed by atoms with E-state index in [1.807, 2.05) is 0 Å². The van der Waals surface area contributed by atoms with Gasteiger partial charge in [-0.15, -0.1) is 5.10 Å². The zero-order valence-corrected chi connectivity index (χ0v) is 15.5. The highest BCUT2D eigenvalue weighted by atomic mass is 79.9. The highest BCUT2D eigenvalue weighted by Gasteiger charge is 2.24. The Morgan fingerprint density at radius 2 is 2.31 bits per heavy atom. The Labute approximate surface area is 159 Å². The van der Waals surface area contributed by atoms with Crippen LogP contribution in [-0.4, -0.2) is 38.6 Å². The van der Waals surface area contributed by atoms with Gasteiger partial charge in [0.1, 0.15) is 11.3 Å². The molecule has 1 aliphatic rings. The lowest BCUT2D eigenvalue weighted by Crippen LogP contribution is -2.26. The molecule has 26 heavy (non-hydrogen) atoms. The third-order valence-corrected chi connectivity index (χ3v) is 4.79. The number of carbonyl (C=O) groups excluding carboxylic acids is 1. The topological polar surface area (TPSA) is 96.4 Å². The molecule has 3 N–H and O–H groups in total. The molecule has 1 aromatic carbocycles. The van der Waals surface area contributed by atoms with Crippen LogP contribution in [0.3, 0.4) is 0 Å². The van der Waals surface area contributed by atoms with E-state index in [9.17, 15) is 13.6 Å². The maximum Gasteiger partial charge on any atom is 0.277 e. The number of anilines is 1. The number of carbonyl (C=O) groups is 1. The summed E-state index contributed by atoms with van der Waals surface area (Å²) in [7, 11) is 0. The van der Waals surface area contributed by atoms with Gasteiger partial charge in [-0.2, -0.15) is 0 Å². The van der Waals surface area contributed by atoms with E-state index in [1.54, 1.807) is 6.08 Å². The number of aromatic nitrogens is 2. The fourth-order valence-corrected chi connectivity index (χ4v) is 3.31. The van der Waals surface area contributed by atoms with Gasteiger partial charge in [-0.3, -0.25) is 9.63 Å². The number of amides is 1. The van der Waals surface area contributed by atoms with Crippen molar-refractivity contribution < 1.29 is 23.5 Å². The van der Waals surface area contributed by atoms with Crippen LogP contribution in [-0.2, 0) is 4.84 Å². The molecule has 0 bridgehead atoms. The Bertz CT molecular complexity index is 902. The Morgan fingerprint density at radius 3 is 3.04 bits per heavy atom. The third-order valence-electron chi connectivity index (χ3n) is 3.48. The average molecular weight is 447 g/mol. The molecule has 3 rings (SSSR count). The van der Waals surface area contributed by atoms with Gasteiger partial charge in [-0.25, -0.2) is 14.3 Å². The predicted octanol–water partition coefficient (Wildman–Crippen LogP) is 2.80. The largest absolute Gasteiger partial charge is 0.394 e. The number of hydrogen-bond acceptors (Lipinski definition) is 7. The van der Waals surface area contributed by atoms with Gasteiger partial charge < -0.3 is 10.4 Å². The second kappa shape index (κ2) is 8.16. The minimum Gasteiger partial charge on any atom is -0.394 e. The molecule has 1 aromatic heterocycles. The summed E-state index contributed by atoms with van der Waals surface area (Å²) in [6.07, 6.45) is 3.40. The number of rotatable bonds is 6. The Kier molecular flexibility index (Phi) is 5.91. The van der Waals surface area contributed by atoms with Crippen molar-refractivity contribution in [1.82, 2.24) is 15.1 Å². The quantitative estimate of drug-likeness (QED) is 0.358. The van der Waals surface area contributed by atoms with E-state index in [2.05, 4.69) is 36.3 Å². The van der Waals surface area contributed by atoms with E-state index in [1.165, 1.54) is 12.1 Å². The minimum absolute atomic E-state index is 0.0236. The summed E-state index contributed by atoms with van der Waals surface area (Å²) in [6.45, 7) is -0.426. The number of alkyl halides is 1. The standard InChI is InChI=1S/C15H13BrF2N4O3S/c16-7-1-2-10(9(17)5-7)19-13-8(15(24)21-25-4-3-23)6-11-14(12(13)18)20-22-26-11/h2,5-7,19,23H,1,3-4H2,(H,21,24). The molecule has 0 spiro atoms. The normalized spacial score (nSPS) is 17.0. The fourth-order valence-electron chi connectivity index (χ4n) is 2.29. The van der Waals surface area contributed by atoms with E-state index in [0.29, 0.717) is 11.1 Å². The van der Waals surface area contributed by atoms with Gasteiger partial charge in [0.15, 0.2) is 5.82 Å². The Hall–Kier alpha value is -1.95. The lowest BCUT2D eigenvalue weighted by atomic mass is 10.1. The molecule has 0 fully saturated rings. The first kappa shape index (κ1) is 18.8. The summed E-state index contributed by atoms with van der Waals surface area (Å²) in [5.41, 5.74) is 1.79. The number of halogens is 3. The van der Waals surface area contributed by atoms with Gasteiger partial charge in [0, 0.05) is 4.83 Å². The van der Waals surface area contributed by atoms with Crippen LogP contribution in [0.15, 0.2) is 29.7 Å². The van der Waals surface area contributed by atoms with E-state index >= 15 is 0 Å².